The van der Waals surface area contributed by atoms with Crippen LogP contribution in [-0.4, -0.2) is 18.3 Å². The lowest BCUT2D eigenvalue weighted by atomic mass is 9.74. The number of aryl methyl sites for hydroxylation is 2. The Kier molecular flexibility index (Phi) is 5.17. The van der Waals surface area contributed by atoms with Gasteiger partial charge in [0.2, 0.25) is 0 Å². The fraction of sp³-hybridized carbons (Fsp3) is 0.647. The highest BCUT2D eigenvalue weighted by Gasteiger charge is 2.30. The molecule has 112 valence electrons. The number of halogens is 1. The first-order valence-corrected chi connectivity index (χ1v) is 7.63. The Morgan fingerprint density at radius 3 is 2.30 bits per heavy atom. The average Bonchev–Trinajstić information content (AvgIpc) is 2.45. The summed E-state index contributed by atoms with van der Waals surface area (Å²) in [5, 5.41) is 13.1. The molecular formula is C17H26FNO. The average molecular weight is 279 g/mol. The van der Waals surface area contributed by atoms with Gasteiger partial charge in [0.1, 0.15) is 5.82 Å². The van der Waals surface area contributed by atoms with Gasteiger partial charge >= 0.3 is 0 Å². The number of nitrogens with one attached hydrogen (secondary N) is 1. The van der Waals surface area contributed by atoms with Crippen molar-refractivity contribution in [3.8, 4) is 0 Å². The van der Waals surface area contributed by atoms with Crippen LogP contribution in [0, 0.1) is 25.1 Å². The molecule has 1 aliphatic rings. The predicted molar refractivity (Wildman–Crippen MR) is 80.2 cm³/mol. The van der Waals surface area contributed by atoms with E-state index in [2.05, 4.69) is 5.32 Å². The number of aliphatic hydroxyl groups is 1. The minimum atomic E-state index is -0.104. The molecule has 2 rings (SSSR count). The van der Waals surface area contributed by atoms with Gasteiger partial charge < -0.3 is 10.4 Å². The lowest BCUT2D eigenvalue weighted by Gasteiger charge is -2.35. The molecule has 0 radical (unpaired) electrons. The number of hydrogen-bond acceptors (Lipinski definition) is 2. The number of benzene rings is 1. The van der Waals surface area contributed by atoms with Gasteiger partial charge in [-0.15, -0.1) is 0 Å². The highest BCUT2D eigenvalue weighted by Crippen LogP contribution is 2.35. The van der Waals surface area contributed by atoms with Crippen molar-refractivity contribution in [2.24, 2.45) is 5.41 Å². The van der Waals surface area contributed by atoms with E-state index in [1.54, 1.807) is 0 Å². The molecule has 1 fully saturated rings. The maximum atomic E-state index is 13.6. The second-order valence-electron chi connectivity index (χ2n) is 6.37. The van der Waals surface area contributed by atoms with Crippen LogP contribution in [0.1, 0.15) is 48.8 Å². The molecule has 0 saturated heterocycles. The first-order valence-electron chi connectivity index (χ1n) is 7.63. The van der Waals surface area contributed by atoms with Crippen LogP contribution in [0.2, 0.25) is 0 Å². The van der Waals surface area contributed by atoms with E-state index in [9.17, 15) is 9.50 Å². The third-order valence-electron chi connectivity index (χ3n) is 4.57. The molecule has 0 spiro atoms. The van der Waals surface area contributed by atoms with Crippen LogP contribution in [0.4, 0.5) is 4.39 Å². The summed E-state index contributed by atoms with van der Waals surface area (Å²) in [6.45, 7) is 5.47. The molecule has 0 amide bonds. The second kappa shape index (κ2) is 6.68. The number of aliphatic hydroxyl groups excluding tert-OH is 1. The normalized spacial score (nSPS) is 18.2. The smallest absolute Gasteiger partial charge is 0.129 e. The number of hydrogen-bond donors (Lipinski definition) is 2. The molecule has 1 aromatic carbocycles. The van der Waals surface area contributed by atoms with E-state index < -0.39 is 0 Å². The Morgan fingerprint density at radius 1 is 1.15 bits per heavy atom. The highest BCUT2D eigenvalue weighted by atomic mass is 19.1. The molecule has 1 saturated carbocycles. The van der Waals surface area contributed by atoms with Gasteiger partial charge in [-0.25, -0.2) is 4.39 Å². The van der Waals surface area contributed by atoms with Crippen LogP contribution in [0.25, 0.3) is 0 Å². The largest absolute Gasteiger partial charge is 0.396 e. The fourth-order valence-electron chi connectivity index (χ4n) is 3.30. The molecule has 20 heavy (non-hydrogen) atoms. The van der Waals surface area contributed by atoms with Gasteiger partial charge in [0, 0.05) is 25.1 Å². The molecule has 0 aliphatic heterocycles. The zero-order valence-electron chi connectivity index (χ0n) is 12.6. The van der Waals surface area contributed by atoms with Crippen LogP contribution >= 0.6 is 0 Å². The molecule has 1 aromatic rings. The van der Waals surface area contributed by atoms with Crippen molar-refractivity contribution in [2.75, 3.05) is 13.2 Å². The zero-order valence-corrected chi connectivity index (χ0v) is 12.6. The Balaban J connectivity index is 1.92. The first kappa shape index (κ1) is 15.5. The minimum absolute atomic E-state index is 0.0579. The van der Waals surface area contributed by atoms with E-state index >= 15 is 0 Å². The monoisotopic (exact) mass is 279 g/mol. The van der Waals surface area contributed by atoms with Crippen molar-refractivity contribution >= 4 is 0 Å². The molecule has 0 aromatic heterocycles. The third-order valence-corrected chi connectivity index (χ3v) is 4.57. The minimum Gasteiger partial charge on any atom is -0.396 e. The van der Waals surface area contributed by atoms with Crippen molar-refractivity contribution < 1.29 is 9.50 Å². The molecule has 0 bridgehead atoms. The third kappa shape index (κ3) is 3.58. The van der Waals surface area contributed by atoms with Crippen molar-refractivity contribution in [3.63, 3.8) is 0 Å². The van der Waals surface area contributed by atoms with E-state index in [0.717, 1.165) is 31.5 Å². The van der Waals surface area contributed by atoms with E-state index in [1.807, 2.05) is 26.0 Å². The molecular weight excluding hydrogens is 253 g/mol. The molecule has 2 nitrogen and oxygen atoms in total. The summed E-state index contributed by atoms with van der Waals surface area (Å²) in [6, 6.07) is 3.81. The molecule has 1 aliphatic carbocycles. The maximum absolute atomic E-state index is 13.6. The quantitative estimate of drug-likeness (QED) is 0.865. The van der Waals surface area contributed by atoms with Crippen LogP contribution in [-0.2, 0) is 6.54 Å². The highest BCUT2D eigenvalue weighted by molar-refractivity contribution is 5.30. The predicted octanol–water partition coefficient (Wildman–Crippen LogP) is 3.47. The van der Waals surface area contributed by atoms with Gasteiger partial charge in [0.25, 0.3) is 0 Å². The summed E-state index contributed by atoms with van der Waals surface area (Å²) >= 11 is 0. The van der Waals surface area contributed by atoms with E-state index in [-0.39, 0.29) is 17.8 Å². The lowest BCUT2D eigenvalue weighted by molar-refractivity contribution is 0.0810. The second-order valence-corrected chi connectivity index (χ2v) is 6.37. The van der Waals surface area contributed by atoms with Crippen LogP contribution in [0.3, 0.4) is 0 Å². The van der Waals surface area contributed by atoms with Gasteiger partial charge in [-0.1, -0.05) is 31.4 Å². The van der Waals surface area contributed by atoms with Gasteiger partial charge in [0.05, 0.1) is 0 Å². The maximum Gasteiger partial charge on any atom is 0.129 e. The van der Waals surface area contributed by atoms with Crippen molar-refractivity contribution in [1.82, 2.24) is 5.32 Å². The van der Waals surface area contributed by atoms with Crippen molar-refractivity contribution in [3.05, 3.63) is 34.6 Å². The summed E-state index contributed by atoms with van der Waals surface area (Å²) in [5.74, 6) is -0.104. The molecule has 0 heterocycles. The molecule has 3 heteroatoms. The Hall–Kier alpha value is -0.930. The Labute approximate surface area is 121 Å². The first-order chi connectivity index (χ1) is 9.56. The van der Waals surface area contributed by atoms with Gasteiger partial charge in [-0.2, -0.15) is 0 Å². The van der Waals surface area contributed by atoms with Crippen LogP contribution in [0.5, 0.6) is 0 Å². The molecule has 0 unspecified atom stereocenters. The summed E-state index contributed by atoms with van der Waals surface area (Å²) in [6.07, 6.45) is 5.95. The molecule has 0 atom stereocenters. The van der Waals surface area contributed by atoms with E-state index in [1.165, 1.54) is 19.3 Å². The summed E-state index contributed by atoms with van der Waals surface area (Å²) in [5.41, 5.74) is 2.58. The standard InChI is InChI=1S/C17H26FNO/c1-13-8-15(9-14(2)16(13)18)10-19-11-17(12-20)6-4-3-5-7-17/h8-9,19-20H,3-7,10-12H2,1-2H3. The number of rotatable bonds is 5. The lowest BCUT2D eigenvalue weighted by Crippen LogP contribution is -2.38. The van der Waals surface area contributed by atoms with Crippen LogP contribution < -0.4 is 5.32 Å². The zero-order chi connectivity index (χ0) is 14.6. The van der Waals surface area contributed by atoms with E-state index in [0.29, 0.717) is 11.1 Å². The summed E-state index contributed by atoms with van der Waals surface area (Å²) in [7, 11) is 0. The Bertz CT molecular complexity index is 429. The SMILES string of the molecule is Cc1cc(CNCC2(CO)CCCCC2)cc(C)c1F. The van der Waals surface area contributed by atoms with Crippen molar-refractivity contribution in [2.45, 2.75) is 52.5 Å². The van der Waals surface area contributed by atoms with Crippen LogP contribution in [0.15, 0.2) is 12.1 Å². The Morgan fingerprint density at radius 2 is 1.75 bits per heavy atom. The summed E-state index contributed by atoms with van der Waals surface area (Å²) < 4.78 is 13.6. The summed E-state index contributed by atoms with van der Waals surface area (Å²) in [4.78, 5) is 0. The van der Waals surface area contributed by atoms with Gasteiger partial charge in [-0.05, 0) is 43.4 Å². The van der Waals surface area contributed by atoms with Crippen molar-refractivity contribution in [1.29, 1.82) is 0 Å². The fourth-order valence-corrected chi connectivity index (χ4v) is 3.30. The topological polar surface area (TPSA) is 32.3 Å². The van der Waals surface area contributed by atoms with E-state index in [4.69, 9.17) is 0 Å². The molecule has 2 N–H and O–H groups in total. The van der Waals surface area contributed by atoms with Gasteiger partial charge in [0.15, 0.2) is 0 Å². The van der Waals surface area contributed by atoms with Gasteiger partial charge in [-0.3, -0.25) is 0 Å².